The van der Waals surface area contributed by atoms with Crippen molar-refractivity contribution >= 4 is 35.6 Å². The van der Waals surface area contributed by atoms with Crippen molar-refractivity contribution in [3.63, 3.8) is 0 Å². The van der Waals surface area contributed by atoms with Crippen LogP contribution >= 0.6 is 0 Å². The summed E-state index contributed by atoms with van der Waals surface area (Å²) in [5, 5.41) is 19.2. The van der Waals surface area contributed by atoms with Crippen LogP contribution < -0.4 is 5.73 Å². The highest BCUT2D eigenvalue weighted by atomic mass is 16.5. The number of benzene rings is 2. The van der Waals surface area contributed by atoms with Crippen LogP contribution in [0.15, 0.2) is 73.3 Å². The first-order valence-corrected chi connectivity index (χ1v) is 20.8. The minimum atomic E-state index is -1.19. The molecule has 0 heterocycles. The Labute approximate surface area is 363 Å². The Bertz CT molecular complexity index is 1480. The molecule has 0 saturated carbocycles. The number of nitrogens with zero attached hydrogens (tertiary/aromatic N) is 3. The van der Waals surface area contributed by atoms with Crippen LogP contribution in [0.25, 0.3) is 0 Å². The minimum Gasteiger partial charge on any atom is -0.480 e. The van der Waals surface area contributed by atoms with Gasteiger partial charge in [-0.25, -0.2) is 0 Å². The molecule has 0 aliphatic rings. The van der Waals surface area contributed by atoms with Gasteiger partial charge in [-0.15, -0.1) is 6.58 Å². The molecule has 0 saturated heterocycles. The van der Waals surface area contributed by atoms with Gasteiger partial charge in [-0.2, -0.15) is 0 Å². The van der Waals surface area contributed by atoms with E-state index in [9.17, 15) is 39.0 Å². The summed E-state index contributed by atoms with van der Waals surface area (Å²) >= 11 is 0. The molecule has 2 aromatic carbocycles. The summed E-state index contributed by atoms with van der Waals surface area (Å²) in [4.78, 5) is 79.9. The number of aliphatic carboxylic acids is 2. The van der Waals surface area contributed by atoms with Gasteiger partial charge in [0.05, 0.1) is 32.7 Å². The van der Waals surface area contributed by atoms with Gasteiger partial charge in [0, 0.05) is 26.2 Å². The first-order valence-electron chi connectivity index (χ1n) is 20.8. The van der Waals surface area contributed by atoms with E-state index in [1.165, 1.54) is 9.80 Å². The summed E-state index contributed by atoms with van der Waals surface area (Å²) in [6.45, 7) is 15.8. The number of esters is 3. The number of carbonyl (C=O) groups excluding carboxylic acids is 4. The predicted octanol–water partition coefficient (Wildman–Crippen LogP) is 5.65. The summed E-state index contributed by atoms with van der Waals surface area (Å²) in [5.74, 6) is -5.15. The zero-order valence-corrected chi connectivity index (χ0v) is 37.5. The molecule has 0 aliphatic carbocycles. The summed E-state index contributed by atoms with van der Waals surface area (Å²) in [6, 6.07) is 18.0. The number of carboxylic acids is 2. The van der Waals surface area contributed by atoms with Crippen molar-refractivity contribution in [2.24, 2.45) is 23.0 Å². The molecular weight excluding hydrogens is 785 g/mol. The van der Waals surface area contributed by atoms with Gasteiger partial charge in [-0.05, 0) is 42.2 Å². The average Bonchev–Trinajstić information content (AvgIpc) is 3.17. The van der Waals surface area contributed by atoms with Gasteiger partial charge in [-0.1, -0.05) is 121 Å². The Kier molecular flexibility index (Phi) is 30.1. The number of rotatable bonds is 27. The van der Waals surface area contributed by atoms with Crippen molar-refractivity contribution in [1.82, 2.24) is 14.7 Å². The number of Topliss-reactive ketones (excluding diaryl/α,β-unsaturated/α-hetero) is 1. The van der Waals surface area contributed by atoms with E-state index >= 15 is 0 Å². The lowest BCUT2D eigenvalue weighted by molar-refractivity contribution is -0.153. The monoisotopic (exact) mass is 857 g/mol. The van der Waals surface area contributed by atoms with Gasteiger partial charge in [0.25, 0.3) is 0 Å². The predicted molar refractivity (Wildman–Crippen MR) is 235 cm³/mol. The molecule has 1 unspecified atom stereocenters. The van der Waals surface area contributed by atoms with Gasteiger partial charge in [0.15, 0.2) is 5.78 Å². The van der Waals surface area contributed by atoms with Crippen molar-refractivity contribution < 1.29 is 53.2 Å². The molecule has 1 atom stereocenters. The Morgan fingerprint density at radius 3 is 1.43 bits per heavy atom. The normalized spacial score (nSPS) is 11.5. The van der Waals surface area contributed by atoms with E-state index in [1.807, 2.05) is 19.1 Å². The Balaban J connectivity index is 0.00000477. The molecule has 0 radical (unpaired) electrons. The summed E-state index contributed by atoms with van der Waals surface area (Å²) in [6.07, 6.45) is 4.23. The van der Waals surface area contributed by atoms with Crippen LogP contribution in [0.3, 0.4) is 0 Å². The van der Waals surface area contributed by atoms with E-state index < -0.39 is 61.4 Å². The third kappa shape index (κ3) is 31.6. The molecule has 0 amide bonds. The van der Waals surface area contributed by atoms with E-state index in [4.69, 9.17) is 19.9 Å². The topological polar surface area (TPSA) is 206 Å². The molecule has 342 valence electrons. The van der Waals surface area contributed by atoms with Crippen LogP contribution in [-0.2, 0) is 56.2 Å². The van der Waals surface area contributed by atoms with E-state index in [0.29, 0.717) is 6.42 Å². The summed E-state index contributed by atoms with van der Waals surface area (Å²) in [5.41, 5.74) is 7.05. The molecule has 2 aromatic rings. The molecule has 0 aliphatic heterocycles. The minimum absolute atomic E-state index is 0.00155. The van der Waals surface area contributed by atoms with Crippen LogP contribution in [0.5, 0.6) is 0 Å². The highest BCUT2D eigenvalue weighted by Crippen LogP contribution is 2.24. The number of nitrogens with two attached hydrogens (primary N) is 1. The standard InChI is InChI=1S/C39H56N4O11.C4H10.C3H6/c1-39(2,3)17-11-10-16-32(38(51)54-29-40)33(44)22-41(18-20-42(23-34(45)46)25-36(49)52-27-30-12-6-4-7-13-30)19-21-43(24-35(47)48)26-37(50)53-28-31-14-8-5-9-15-31;1-4(2)3;1-3-2/h4-9,12-15,32H,10-11,16-29,40H2,1-3H3,(H,45,46)(H,47,48);4H,1-3H3;3H,1H2,2H3. The van der Waals surface area contributed by atoms with Crippen molar-refractivity contribution in [3.05, 3.63) is 84.4 Å². The number of ketones is 1. The number of hydrogen-bond acceptors (Lipinski definition) is 13. The second kappa shape index (κ2) is 32.8. The van der Waals surface area contributed by atoms with Gasteiger partial charge < -0.3 is 24.4 Å². The van der Waals surface area contributed by atoms with Gasteiger partial charge in [0.1, 0.15) is 25.9 Å². The van der Waals surface area contributed by atoms with Crippen molar-refractivity contribution in [2.45, 2.75) is 87.4 Å². The first-order chi connectivity index (χ1) is 28.8. The SMILES string of the molecule is C=CC.CC(C)(C)CCCCC(C(=O)CN(CCN(CC(=O)O)CC(=O)OCc1ccccc1)CCN(CC(=O)O)CC(=O)OCc1ccccc1)C(=O)OCN.CC(C)C. The molecule has 61 heavy (non-hydrogen) atoms. The maximum absolute atomic E-state index is 13.8. The molecule has 0 spiro atoms. The van der Waals surface area contributed by atoms with Gasteiger partial charge in [0.2, 0.25) is 0 Å². The third-order valence-corrected chi connectivity index (χ3v) is 8.32. The smallest absolute Gasteiger partial charge is 0.320 e. The fraction of sp³-hybridized carbons (Fsp3) is 0.565. The maximum atomic E-state index is 13.8. The second-order valence-corrected chi connectivity index (χ2v) is 16.4. The molecule has 0 fully saturated rings. The lowest BCUT2D eigenvalue weighted by Gasteiger charge is -2.29. The molecule has 0 bridgehead atoms. The first kappa shape index (κ1) is 56.0. The van der Waals surface area contributed by atoms with Crippen molar-refractivity contribution in [3.8, 4) is 0 Å². The van der Waals surface area contributed by atoms with Gasteiger partial charge in [-0.3, -0.25) is 49.2 Å². The van der Waals surface area contributed by atoms with Crippen LogP contribution in [0.2, 0.25) is 0 Å². The zero-order chi connectivity index (χ0) is 46.2. The molecular formula is C46H72N4O11. The van der Waals surface area contributed by atoms with E-state index in [1.54, 1.807) is 59.5 Å². The molecule has 2 rings (SSSR count). The Morgan fingerprint density at radius 2 is 1.07 bits per heavy atom. The highest BCUT2D eigenvalue weighted by molar-refractivity contribution is 6.00. The Hall–Kier alpha value is -4.96. The molecule has 0 aromatic heterocycles. The van der Waals surface area contributed by atoms with E-state index in [0.717, 1.165) is 29.9 Å². The lowest BCUT2D eigenvalue weighted by atomic mass is 9.88. The fourth-order valence-electron chi connectivity index (χ4n) is 5.51. The third-order valence-electron chi connectivity index (χ3n) is 8.32. The van der Waals surface area contributed by atoms with E-state index in [-0.39, 0.29) is 70.9 Å². The number of carbonyl (C=O) groups is 6. The van der Waals surface area contributed by atoms with Crippen LogP contribution in [-0.4, -0.2) is 126 Å². The maximum Gasteiger partial charge on any atom is 0.320 e. The fourth-order valence-corrected chi connectivity index (χ4v) is 5.51. The van der Waals surface area contributed by atoms with Gasteiger partial charge >= 0.3 is 29.8 Å². The van der Waals surface area contributed by atoms with Crippen LogP contribution in [0, 0.1) is 17.3 Å². The number of ether oxygens (including phenoxy) is 3. The number of allylic oxidation sites excluding steroid dienone is 1. The second-order valence-electron chi connectivity index (χ2n) is 16.4. The number of unbranched alkanes of at least 4 members (excludes halogenated alkanes) is 1. The zero-order valence-electron chi connectivity index (χ0n) is 37.5. The lowest BCUT2D eigenvalue weighted by Crippen LogP contribution is -2.47. The largest absolute Gasteiger partial charge is 0.480 e. The van der Waals surface area contributed by atoms with Crippen LogP contribution in [0.1, 0.15) is 85.3 Å². The van der Waals surface area contributed by atoms with Crippen molar-refractivity contribution in [2.75, 3.05) is 65.6 Å². The Morgan fingerprint density at radius 1 is 0.672 bits per heavy atom. The number of carboxylic acid groups (broad SMARTS) is 2. The summed E-state index contributed by atoms with van der Waals surface area (Å²) < 4.78 is 15.7. The van der Waals surface area contributed by atoms with Crippen molar-refractivity contribution in [1.29, 1.82) is 0 Å². The molecule has 15 heteroatoms. The summed E-state index contributed by atoms with van der Waals surface area (Å²) in [7, 11) is 0. The highest BCUT2D eigenvalue weighted by Gasteiger charge is 2.30. The number of hydrogen-bond donors (Lipinski definition) is 3. The molecule has 15 nitrogen and oxygen atoms in total. The average molecular weight is 857 g/mol. The van der Waals surface area contributed by atoms with Crippen LogP contribution in [0.4, 0.5) is 0 Å². The quantitative estimate of drug-likeness (QED) is 0.0248. The molecule has 4 N–H and O–H groups in total. The van der Waals surface area contributed by atoms with E-state index in [2.05, 4.69) is 48.1 Å².